The molecule has 0 saturated heterocycles. The molecule has 28 heavy (non-hydrogen) atoms. The van der Waals surface area contributed by atoms with E-state index in [9.17, 15) is 9.59 Å². The maximum absolute atomic E-state index is 12.6. The number of halogens is 1. The minimum atomic E-state index is -1.09. The van der Waals surface area contributed by atoms with E-state index in [0.29, 0.717) is 21.9 Å². The number of para-hydroxylation sites is 1. The standard InChI is InChI=1S/C19H15ClN4O3S/c1-11-15(16(20)24(23-11)14-6-4-3-5-7-14)19(26)27-12(2)17(25)22-18-13(10-21)8-9-28-18/h3-9,12H,1-2H3,(H,22,25)/t12-/m0/s1. The number of nitrogens with zero attached hydrogens (tertiary/aromatic N) is 3. The third-order valence-electron chi connectivity index (χ3n) is 3.88. The molecular formula is C19H15ClN4O3S. The largest absolute Gasteiger partial charge is 0.449 e. The molecule has 0 bridgehead atoms. The lowest BCUT2D eigenvalue weighted by molar-refractivity contribution is -0.123. The van der Waals surface area contributed by atoms with Crippen LogP contribution in [0.2, 0.25) is 5.15 Å². The van der Waals surface area contributed by atoms with Crippen LogP contribution < -0.4 is 5.32 Å². The van der Waals surface area contributed by atoms with Gasteiger partial charge in [0, 0.05) is 0 Å². The Hall–Kier alpha value is -3.15. The Morgan fingerprint density at radius 1 is 1.32 bits per heavy atom. The van der Waals surface area contributed by atoms with Gasteiger partial charge < -0.3 is 10.1 Å². The van der Waals surface area contributed by atoms with Crippen LogP contribution >= 0.6 is 22.9 Å². The quantitative estimate of drug-likeness (QED) is 0.637. The molecule has 0 radical (unpaired) electrons. The van der Waals surface area contributed by atoms with Gasteiger partial charge in [0.05, 0.1) is 16.9 Å². The minimum absolute atomic E-state index is 0.0963. The van der Waals surface area contributed by atoms with Gasteiger partial charge in [0.2, 0.25) is 0 Å². The van der Waals surface area contributed by atoms with Crippen molar-refractivity contribution >= 4 is 39.8 Å². The topological polar surface area (TPSA) is 97.0 Å². The van der Waals surface area contributed by atoms with Crippen molar-refractivity contribution < 1.29 is 14.3 Å². The number of amides is 1. The van der Waals surface area contributed by atoms with Gasteiger partial charge >= 0.3 is 5.97 Å². The second-order valence-electron chi connectivity index (χ2n) is 5.81. The first-order chi connectivity index (χ1) is 13.4. The molecule has 0 aliphatic heterocycles. The summed E-state index contributed by atoms with van der Waals surface area (Å²) in [4.78, 5) is 24.9. The van der Waals surface area contributed by atoms with Crippen LogP contribution in [0.25, 0.3) is 5.69 Å². The van der Waals surface area contributed by atoms with Crippen molar-refractivity contribution in [2.45, 2.75) is 20.0 Å². The molecule has 0 aliphatic rings. The molecule has 7 nitrogen and oxygen atoms in total. The Morgan fingerprint density at radius 2 is 2.04 bits per heavy atom. The predicted molar refractivity (Wildman–Crippen MR) is 106 cm³/mol. The highest BCUT2D eigenvalue weighted by molar-refractivity contribution is 7.14. The van der Waals surface area contributed by atoms with Crippen LogP contribution in [-0.2, 0) is 9.53 Å². The number of esters is 1. The lowest BCUT2D eigenvalue weighted by atomic mass is 10.2. The maximum Gasteiger partial charge on any atom is 0.344 e. The molecule has 9 heteroatoms. The van der Waals surface area contributed by atoms with Gasteiger partial charge in [-0.25, -0.2) is 9.48 Å². The van der Waals surface area contributed by atoms with Crippen LogP contribution in [0.3, 0.4) is 0 Å². The van der Waals surface area contributed by atoms with E-state index in [1.807, 2.05) is 24.3 Å². The highest BCUT2D eigenvalue weighted by atomic mass is 35.5. The van der Waals surface area contributed by atoms with Crippen molar-refractivity contribution in [3.8, 4) is 11.8 Å². The van der Waals surface area contributed by atoms with E-state index in [1.165, 1.54) is 22.9 Å². The SMILES string of the molecule is Cc1nn(-c2ccccc2)c(Cl)c1C(=O)O[C@@H](C)C(=O)Nc1sccc1C#N. The van der Waals surface area contributed by atoms with Gasteiger partial charge in [-0.05, 0) is 37.4 Å². The fraction of sp³-hybridized carbons (Fsp3) is 0.158. The Kier molecular flexibility index (Phi) is 5.78. The molecule has 2 heterocycles. The molecule has 1 N–H and O–H groups in total. The number of thiophene rings is 1. The van der Waals surface area contributed by atoms with E-state index in [-0.39, 0.29) is 10.7 Å². The van der Waals surface area contributed by atoms with Crippen LogP contribution in [0.1, 0.15) is 28.5 Å². The fourth-order valence-electron chi connectivity index (χ4n) is 2.45. The van der Waals surface area contributed by atoms with E-state index in [4.69, 9.17) is 21.6 Å². The van der Waals surface area contributed by atoms with Crippen LogP contribution in [0.5, 0.6) is 0 Å². The average molecular weight is 415 g/mol. The summed E-state index contributed by atoms with van der Waals surface area (Å²) < 4.78 is 6.70. The molecule has 1 atom stereocenters. The molecule has 1 aromatic carbocycles. The zero-order chi connectivity index (χ0) is 20.3. The minimum Gasteiger partial charge on any atom is -0.449 e. The first kappa shape index (κ1) is 19.6. The van der Waals surface area contributed by atoms with E-state index in [2.05, 4.69) is 10.4 Å². The molecule has 0 fully saturated rings. The number of benzene rings is 1. The molecular weight excluding hydrogens is 400 g/mol. The van der Waals surface area contributed by atoms with Crippen molar-refractivity contribution in [1.29, 1.82) is 5.26 Å². The summed E-state index contributed by atoms with van der Waals surface area (Å²) in [6, 6.07) is 12.7. The zero-order valence-electron chi connectivity index (χ0n) is 15.0. The van der Waals surface area contributed by atoms with E-state index < -0.39 is 18.0 Å². The monoisotopic (exact) mass is 414 g/mol. The summed E-state index contributed by atoms with van der Waals surface area (Å²) in [5.74, 6) is -1.30. The van der Waals surface area contributed by atoms with E-state index >= 15 is 0 Å². The summed E-state index contributed by atoms with van der Waals surface area (Å²) >= 11 is 7.55. The highest BCUT2D eigenvalue weighted by Crippen LogP contribution is 2.25. The number of anilines is 1. The number of carbonyl (C=O) groups is 2. The summed E-state index contributed by atoms with van der Waals surface area (Å²) in [5.41, 5.74) is 1.53. The summed E-state index contributed by atoms with van der Waals surface area (Å²) in [6.07, 6.45) is -1.09. The van der Waals surface area contributed by atoms with E-state index in [1.54, 1.807) is 30.5 Å². The van der Waals surface area contributed by atoms with Gasteiger partial charge in [-0.15, -0.1) is 11.3 Å². The first-order valence-electron chi connectivity index (χ1n) is 8.22. The summed E-state index contributed by atoms with van der Waals surface area (Å²) in [7, 11) is 0. The van der Waals surface area contributed by atoms with Crippen LogP contribution in [0, 0.1) is 18.3 Å². The molecule has 1 amide bonds. The van der Waals surface area contributed by atoms with Crippen molar-refractivity contribution in [2.75, 3.05) is 5.32 Å². The lowest BCUT2D eigenvalue weighted by Crippen LogP contribution is -2.30. The third-order valence-corrected chi connectivity index (χ3v) is 5.06. The molecule has 0 spiro atoms. The number of ether oxygens (including phenoxy) is 1. The highest BCUT2D eigenvalue weighted by Gasteiger charge is 2.26. The summed E-state index contributed by atoms with van der Waals surface area (Å²) in [6.45, 7) is 3.08. The van der Waals surface area contributed by atoms with E-state index in [0.717, 1.165) is 0 Å². The van der Waals surface area contributed by atoms with Crippen LogP contribution in [0.4, 0.5) is 5.00 Å². The Balaban J connectivity index is 1.75. The number of rotatable bonds is 5. The van der Waals surface area contributed by atoms with Crippen molar-refractivity contribution in [2.24, 2.45) is 0 Å². The smallest absolute Gasteiger partial charge is 0.344 e. The number of nitriles is 1. The van der Waals surface area contributed by atoms with Crippen LogP contribution in [-0.4, -0.2) is 27.8 Å². The number of aryl methyl sites for hydroxylation is 1. The van der Waals surface area contributed by atoms with Crippen molar-refractivity contribution in [3.63, 3.8) is 0 Å². The molecule has 0 unspecified atom stereocenters. The summed E-state index contributed by atoms with van der Waals surface area (Å²) in [5, 5.41) is 18.1. The fourth-order valence-corrected chi connectivity index (χ4v) is 3.54. The number of hydrogen-bond donors (Lipinski definition) is 1. The number of carbonyl (C=O) groups excluding carboxylic acids is 2. The third kappa shape index (κ3) is 3.91. The Morgan fingerprint density at radius 3 is 2.71 bits per heavy atom. The second-order valence-corrected chi connectivity index (χ2v) is 7.08. The maximum atomic E-state index is 12.6. The molecule has 3 aromatic rings. The number of nitrogens with one attached hydrogen (secondary N) is 1. The average Bonchev–Trinajstić information content (AvgIpc) is 3.25. The van der Waals surface area contributed by atoms with Gasteiger partial charge in [0.1, 0.15) is 21.8 Å². The zero-order valence-corrected chi connectivity index (χ0v) is 16.5. The number of aromatic nitrogens is 2. The number of hydrogen-bond acceptors (Lipinski definition) is 6. The molecule has 2 aromatic heterocycles. The van der Waals surface area contributed by atoms with Crippen molar-refractivity contribution in [3.05, 3.63) is 63.8 Å². The Bertz CT molecular complexity index is 1070. The Labute approximate surface area is 170 Å². The molecule has 0 aliphatic carbocycles. The molecule has 3 rings (SSSR count). The molecule has 142 valence electrons. The second kappa shape index (κ2) is 8.25. The van der Waals surface area contributed by atoms with Gasteiger partial charge in [-0.2, -0.15) is 10.4 Å². The first-order valence-corrected chi connectivity index (χ1v) is 9.48. The van der Waals surface area contributed by atoms with Gasteiger partial charge in [0.25, 0.3) is 5.91 Å². The predicted octanol–water partition coefficient (Wildman–Crippen LogP) is 3.95. The van der Waals surface area contributed by atoms with Gasteiger partial charge in [-0.1, -0.05) is 29.8 Å². The van der Waals surface area contributed by atoms with Crippen LogP contribution in [0.15, 0.2) is 41.8 Å². The lowest BCUT2D eigenvalue weighted by Gasteiger charge is -2.13. The normalized spacial score (nSPS) is 11.5. The van der Waals surface area contributed by atoms with Gasteiger partial charge in [0.15, 0.2) is 6.10 Å². The van der Waals surface area contributed by atoms with Gasteiger partial charge in [-0.3, -0.25) is 4.79 Å². The molecule has 0 saturated carbocycles. The van der Waals surface area contributed by atoms with Crippen molar-refractivity contribution in [1.82, 2.24) is 9.78 Å².